The van der Waals surface area contributed by atoms with Crippen molar-refractivity contribution < 1.29 is 19.3 Å². The molecule has 6 heteroatoms. The highest BCUT2D eigenvalue weighted by Gasteiger charge is 2.33. The van der Waals surface area contributed by atoms with Crippen molar-refractivity contribution in [3.05, 3.63) is 76.6 Å². The van der Waals surface area contributed by atoms with Crippen LogP contribution in [0.25, 0.3) is 11.3 Å². The van der Waals surface area contributed by atoms with E-state index in [0.717, 1.165) is 34.4 Å². The van der Waals surface area contributed by atoms with Crippen LogP contribution in [0.4, 0.5) is 10.1 Å². The van der Waals surface area contributed by atoms with Crippen LogP contribution >= 0.6 is 0 Å². The minimum atomic E-state index is -0.279. The number of nitrogens with zero attached hydrogens (tertiary/aromatic N) is 1. The molecule has 1 aliphatic carbocycles. The van der Waals surface area contributed by atoms with Crippen LogP contribution in [0.1, 0.15) is 28.7 Å². The topological polar surface area (TPSA) is 68.7 Å². The van der Waals surface area contributed by atoms with Gasteiger partial charge in [-0.2, -0.15) is 0 Å². The largest absolute Gasteiger partial charge is 0.494 e. The molecule has 5 rings (SSSR count). The van der Waals surface area contributed by atoms with E-state index in [2.05, 4.69) is 17.1 Å². The molecule has 3 aromatic rings. The van der Waals surface area contributed by atoms with E-state index >= 15 is 0 Å². The summed E-state index contributed by atoms with van der Waals surface area (Å²) in [6.45, 7) is 0.505. The second kappa shape index (κ2) is 6.58. The number of hydrogen-bond acceptors (Lipinski definition) is 4. The molecule has 1 aliphatic heterocycles. The van der Waals surface area contributed by atoms with Gasteiger partial charge in [0.1, 0.15) is 23.4 Å². The summed E-state index contributed by atoms with van der Waals surface area (Å²) in [5.74, 6) is 0.279. The number of benzene rings is 2. The van der Waals surface area contributed by atoms with Crippen LogP contribution in [0.2, 0.25) is 0 Å². The Bertz CT molecular complexity index is 1130. The molecule has 0 spiro atoms. The average Bonchev–Trinajstić information content (AvgIpc) is 3.23. The lowest BCUT2D eigenvalue weighted by Gasteiger charge is -2.23. The van der Waals surface area contributed by atoms with E-state index in [0.29, 0.717) is 18.7 Å². The monoisotopic (exact) mass is 392 g/mol. The molecule has 5 nitrogen and oxygen atoms in total. The van der Waals surface area contributed by atoms with E-state index < -0.39 is 0 Å². The van der Waals surface area contributed by atoms with Crippen molar-refractivity contribution in [2.75, 3.05) is 18.5 Å². The molecule has 3 N–H and O–H groups in total. The SMILES string of the molecule is CN(C[C@H]1CC2=C(O1)c1cc(F)ccc1Cc1ccccc12)c1cc(O)[nH]c1O. The minimum Gasteiger partial charge on any atom is -0.494 e. The molecule has 0 fully saturated rings. The van der Waals surface area contributed by atoms with E-state index in [9.17, 15) is 14.6 Å². The van der Waals surface area contributed by atoms with Crippen molar-refractivity contribution in [2.24, 2.45) is 0 Å². The van der Waals surface area contributed by atoms with Gasteiger partial charge in [0, 0.05) is 30.7 Å². The smallest absolute Gasteiger partial charge is 0.215 e. The highest BCUT2D eigenvalue weighted by atomic mass is 19.1. The zero-order chi connectivity index (χ0) is 20.1. The van der Waals surface area contributed by atoms with Gasteiger partial charge in [-0.1, -0.05) is 30.3 Å². The number of aromatic amines is 1. The standard InChI is InChI=1S/C23H21FN2O3/c1-26(20-11-21(27)25-23(20)28)12-16-10-19-17-5-3-2-4-13(17)8-14-6-7-15(24)9-18(14)22(19)29-16/h2-7,9,11,16,25,27-28H,8,10,12H2,1H3/t16-/m1/s1. The Morgan fingerprint density at radius 1 is 1.10 bits per heavy atom. The highest BCUT2D eigenvalue weighted by Crippen LogP contribution is 2.44. The molecule has 0 bridgehead atoms. The molecule has 148 valence electrons. The van der Waals surface area contributed by atoms with Gasteiger partial charge >= 0.3 is 0 Å². The van der Waals surface area contributed by atoms with Gasteiger partial charge in [-0.3, -0.25) is 4.98 Å². The lowest BCUT2D eigenvalue weighted by atomic mass is 9.95. The van der Waals surface area contributed by atoms with E-state index in [1.807, 2.05) is 30.1 Å². The third-order valence-electron chi connectivity index (χ3n) is 5.68. The fourth-order valence-electron chi connectivity index (χ4n) is 4.36. The first-order chi connectivity index (χ1) is 14.0. The summed E-state index contributed by atoms with van der Waals surface area (Å²) in [4.78, 5) is 4.31. The highest BCUT2D eigenvalue weighted by molar-refractivity contribution is 5.93. The van der Waals surface area contributed by atoms with Crippen molar-refractivity contribution in [2.45, 2.75) is 18.9 Å². The number of rotatable bonds is 3. The lowest BCUT2D eigenvalue weighted by Crippen LogP contribution is -2.28. The van der Waals surface area contributed by atoms with Crippen LogP contribution < -0.4 is 4.90 Å². The lowest BCUT2D eigenvalue weighted by molar-refractivity contribution is 0.197. The Morgan fingerprint density at radius 2 is 1.90 bits per heavy atom. The van der Waals surface area contributed by atoms with Crippen molar-refractivity contribution in [1.29, 1.82) is 0 Å². The van der Waals surface area contributed by atoms with Crippen LogP contribution in [0.15, 0.2) is 48.5 Å². The molecule has 29 heavy (non-hydrogen) atoms. The fraction of sp³-hybridized carbons (Fsp3) is 0.217. The number of anilines is 1. The number of ether oxygens (including phenoxy) is 1. The second-order valence-electron chi connectivity index (χ2n) is 7.66. The van der Waals surface area contributed by atoms with Gasteiger partial charge in [0.2, 0.25) is 5.88 Å². The van der Waals surface area contributed by atoms with Crippen LogP contribution in [0.5, 0.6) is 11.8 Å². The molecular weight excluding hydrogens is 371 g/mol. The van der Waals surface area contributed by atoms with Crippen molar-refractivity contribution >= 4 is 17.0 Å². The van der Waals surface area contributed by atoms with Crippen molar-refractivity contribution in [1.82, 2.24) is 4.98 Å². The average molecular weight is 392 g/mol. The summed E-state index contributed by atoms with van der Waals surface area (Å²) in [5, 5.41) is 19.5. The number of halogens is 1. The molecule has 0 radical (unpaired) electrons. The number of nitrogens with one attached hydrogen (secondary N) is 1. The van der Waals surface area contributed by atoms with Crippen LogP contribution in [0.3, 0.4) is 0 Å². The predicted octanol–water partition coefficient (Wildman–Crippen LogP) is 4.26. The zero-order valence-corrected chi connectivity index (χ0v) is 15.9. The fourth-order valence-corrected chi connectivity index (χ4v) is 4.36. The molecule has 0 saturated heterocycles. The molecular formula is C23H21FN2O3. The molecule has 2 aliphatic rings. The Balaban J connectivity index is 1.50. The zero-order valence-electron chi connectivity index (χ0n) is 15.9. The first kappa shape index (κ1) is 17.7. The minimum absolute atomic E-state index is 0.0877. The summed E-state index contributed by atoms with van der Waals surface area (Å²) in [5.41, 5.74) is 5.79. The molecule has 0 unspecified atom stereocenters. The predicted molar refractivity (Wildman–Crippen MR) is 109 cm³/mol. The summed E-state index contributed by atoms with van der Waals surface area (Å²) < 4.78 is 20.4. The van der Waals surface area contributed by atoms with Gasteiger partial charge in [0.25, 0.3) is 0 Å². The van der Waals surface area contributed by atoms with Crippen LogP contribution in [0, 0.1) is 5.82 Å². The maximum Gasteiger partial charge on any atom is 0.215 e. The van der Waals surface area contributed by atoms with Gasteiger partial charge in [-0.25, -0.2) is 4.39 Å². The van der Waals surface area contributed by atoms with Gasteiger partial charge in [-0.05, 0) is 35.2 Å². The third kappa shape index (κ3) is 3.01. The Kier molecular flexibility index (Phi) is 4.01. The first-order valence-electron chi connectivity index (χ1n) is 9.58. The maximum atomic E-state index is 14.0. The molecule has 1 atom stereocenters. The quantitative estimate of drug-likeness (QED) is 0.623. The summed E-state index contributed by atoms with van der Waals surface area (Å²) in [6, 6.07) is 14.6. The number of likely N-dealkylation sites (N-methyl/N-ethyl adjacent to an activating group) is 1. The van der Waals surface area contributed by atoms with E-state index in [1.54, 1.807) is 6.07 Å². The number of H-pyrrole nitrogens is 1. The maximum absolute atomic E-state index is 14.0. The van der Waals surface area contributed by atoms with Gasteiger partial charge in [0.15, 0.2) is 5.88 Å². The van der Waals surface area contributed by atoms with Crippen LogP contribution in [-0.4, -0.2) is 34.9 Å². The molecule has 2 heterocycles. The van der Waals surface area contributed by atoms with Gasteiger partial charge in [-0.15, -0.1) is 0 Å². The number of hydrogen-bond donors (Lipinski definition) is 3. The van der Waals surface area contributed by atoms with E-state index in [1.165, 1.54) is 17.7 Å². The van der Waals surface area contributed by atoms with E-state index in [-0.39, 0.29) is 23.7 Å². The van der Waals surface area contributed by atoms with E-state index in [4.69, 9.17) is 4.74 Å². The molecule has 2 aromatic carbocycles. The van der Waals surface area contributed by atoms with Crippen molar-refractivity contribution in [3.8, 4) is 11.8 Å². The molecule has 0 amide bonds. The Labute approximate surface area is 167 Å². The van der Waals surface area contributed by atoms with Crippen LogP contribution in [-0.2, 0) is 11.2 Å². The van der Waals surface area contributed by atoms with Gasteiger partial charge < -0.3 is 19.8 Å². The molecule has 1 aromatic heterocycles. The van der Waals surface area contributed by atoms with Gasteiger partial charge in [0.05, 0.1) is 6.54 Å². The Morgan fingerprint density at radius 3 is 2.69 bits per heavy atom. The number of fused-ring (bicyclic) bond motifs is 4. The second-order valence-corrected chi connectivity index (χ2v) is 7.66. The van der Waals surface area contributed by atoms with Crippen molar-refractivity contribution in [3.63, 3.8) is 0 Å². The number of aromatic hydroxyl groups is 2. The third-order valence-corrected chi connectivity index (χ3v) is 5.68. The molecule has 0 saturated carbocycles. The first-order valence-corrected chi connectivity index (χ1v) is 9.58. The summed E-state index contributed by atoms with van der Waals surface area (Å²) in [7, 11) is 1.83. The Hall–Kier alpha value is -3.41. The number of aromatic nitrogens is 1. The summed E-state index contributed by atoms with van der Waals surface area (Å²) in [6.07, 6.45) is 1.26. The summed E-state index contributed by atoms with van der Waals surface area (Å²) >= 11 is 0. The normalized spacial score (nSPS) is 17.2.